The first kappa shape index (κ1) is 24.1. The van der Waals surface area contributed by atoms with Gasteiger partial charge in [0.1, 0.15) is 17.6 Å². The molecule has 2 N–H and O–H groups in total. The van der Waals surface area contributed by atoms with Gasteiger partial charge in [0.2, 0.25) is 0 Å². The number of phenols is 2. The Bertz CT molecular complexity index is 1670. The van der Waals surface area contributed by atoms with Crippen LogP contribution in [0.2, 0.25) is 0 Å². The van der Waals surface area contributed by atoms with Crippen LogP contribution in [0.5, 0.6) is 11.5 Å². The molecule has 1 aromatic heterocycles. The second kappa shape index (κ2) is 11.4. The Morgan fingerprint density at radius 1 is 0.703 bits per heavy atom. The molecule has 174 valence electrons. The monoisotopic (exact) mass is 481 g/mol. The Balaban J connectivity index is 1.73. The minimum Gasteiger partial charge on any atom is -0.507 e. The van der Waals surface area contributed by atoms with Crippen LogP contribution < -0.4 is 0 Å². The number of benzene rings is 3. The van der Waals surface area contributed by atoms with Gasteiger partial charge in [-0.15, -0.1) is 6.42 Å². The van der Waals surface area contributed by atoms with Gasteiger partial charge < -0.3 is 14.9 Å². The largest absolute Gasteiger partial charge is 0.507 e. The topological polar surface area (TPSA) is 105 Å². The third-order valence-corrected chi connectivity index (χ3v) is 4.80. The smallest absolute Gasteiger partial charge is 0.352 e. The van der Waals surface area contributed by atoms with Gasteiger partial charge in [0.15, 0.2) is 17.5 Å². The Morgan fingerprint density at radius 2 is 1.27 bits per heavy atom. The number of aromatic hydroxyl groups is 2. The second-order valence-electron chi connectivity index (χ2n) is 7.18. The van der Waals surface area contributed by atoms with Crippen molar-refractivity contribution in [3.05, 3.63) is 78.4 Å². The number of carbonyl (C=O) groups excluding carboxylic acids is 1. The van der Waals surface area contributed by atoms with Crippen molar-refractivity contribution in [3.63, 3.8) is 0 Å². The number of nitrogens with zero attached hydrogens (tertiary/aromatic N) is 3. The molecule has 4 rings (SSSR count). The molecule has 0 aliphatic rings. The molecule has 0 saturated carbocycles. The quantitative estimate of drug-likeness (QED) is 0.335. The van der Waals surface area contributed by atoms with E-state index in [-0.39, 0.29) is 34.5 Å². The van der Waals surface area contributed by atoms with Gasteiger partial charge in [-0.2, -0.15) is 0 Å². The molecule has 0 unspecified atom stereocenters. The Morgan fingerprint density at radius 3 is 1.89 bits per heavy atom. The van der Waals surface area contributed by atoms with Crippen LogP contribution in [-0.2, 0) is 4.74 Å². The summed E-state index contributed by atoms with van der Waals surface area (Å²) in [4.78, 5) is 26.0. The van der Waals surface area contributed by atoms with E-state index in [1.54, 1.807) is 54.6 Å². The summed E-state index contributed by atoms with van der Waals surface area (Å²) in [5.41, 5.74) is 1.42. The highest BCUT2D eigenvalue weighted by Crippen LogP contribution is 2.32. The average molecular weight is 481 g/mol. The number of aromatic nitrogens is 3. The summed E-state index contributed by atoms with van der Waals surface area (Å²) in [6.45, 7) is 0. The molecule has 0 aliphatic heterocycles. The molecule has 0 spiro atoms. The van der Waals surface area contributed by atoms with Crippen molar-refractivity contribution >= 4 is 5.97 Å². The first-order valence-corrected chi connectivity index (χ1v) is 10.7. The van der Waals surface area contributed by atoms with Crippen molar-refractivity contribution in [1.29, 1.82) is 0 Å². The van der Waals surface area contributed by atoms with E-state index in [0.717, 1.165) is 0 Å². The first-order chi connectivity index (χ1) is 18.1. The summed E-state index contributed by atoms with van der Waals surface area (Å²) in [6, 6.07) is 19.6. The molecule has 4 aromatic rings. The predicted octanol–water partition coefficient (Wildman–Crippen LogP) is 4.04. The number of phenolic OH excluding ortho intramolecular Hbond substituents is 2. The maximum atomic E-state index is 12.5. The molecule has 0 aliphatic carbocycles. The average Bonchev–Trinajstić information content (AvgIpc) is 2.93. The zero-order chi connectivity index (χ0) is 26.0. The number of para-hydroxylation sites is 2. The van der Waals surface area contributed by atoms with Gasteiger partial charge in [0.05, 0.1) is 16.7 Å². The van der Waals surface area contributed by atoms with Gasteiger partial charge in [-0.3, -0.25) is 0 Å². The van der Waals surface area contributed by atoms with E-state index in [0.29, 0.717) is 16.7 Å². The fraction of sp³-hybridized carbons (Fsp3) is 0. The van der Waals surface area contributed by atoms with Crippen LogP contribution in [0.1, 0.15) is 10.4 Å². The summed E-state index contributed by atoms with van der Waals surface area (Å²) >= 11 is 0. The molecule has 7 nitrogen and oxygen atoms in total. The number of hydrogen-bond donors (Lipinski definition) is 2. The molecule has 0 bridgehead atoms. The van der Waals surface area contributed by atoms with Crippen molar-refractivity contribution in [2.75, 3.05) is 0 Å². The van der Waals surface area contributed by atoms with Crippen LogP contribution >= 0.6 is 0 Å². The zero-order valence-corrected chi connectivity index (χ0v) is 19.1. The van der Waals surface area contributed by atoms with Crippen molar-refractivity contribution < 1.29 is 19.7 Å². The lowest BCUT2D eigenvalue weighted by Gasteiger charge is -2.10. The Hall–Kier alpha value is -6.02. The summed E-state index contributed by atoms with van der Waals surface area (Å²) in [5, 5.41) is 20.7. The number of ether oxygens (including phenoxy) is 1. The summed E-state index contributed by atoms with van der Waals surface area (Å²) in [6.07, 6.45) is 7.19. The highest BCUT2D eigenvalue weighted by Gasteiger charge is 2.17. The SMILES string of the molecule is C#CC#CC#CC#COC(=O)c1cccc(-c2nc(-c3ccccc3O)nc(-c3ccccc3O)n2)c1. The summed E-state index contributed by atoms with van der Waals surface area (Å²) in [5.74, 6) is 13.8. The second-order valence-corrected chi connectivity index (χ2v) is 7.18. The van der Waals surface area contributed by atoms with Crippen molar-refractivity contribution in [2.24, 2.45) is 0 Å². The molecule has 7 heteroatoms. The predicted molar refractivity (Wildman–Crippen MR) is 137 cm³/mol. The molecular weight excluding hydrogens is 466 g/mol. The summed E-state index contributed by atoms with van der Waals surface area (Å²) < 4.78 is 4.93. The fourth-order valence-electron chi connectivity index (χ4n) is 3.14. The highest BCUT2D eigenvalue weighted by molar-refractivity contribution is 5.91. The number of esters is 1. The molecule has 37 heavy (non-hydrogen) atoms. The van der Waals surface area contributed by atoms with Gasteiger partial charge >= 0.3 is 5.97 Å². The standard InChI is InChI=1S/C30H15N3O4/c1-2-3-4-5-6-11-19-37-30(36)22-14-12-13-21(20-22)27-31-28(23-15-7-9-17-25(23)34)33-29(32-27)24-16-8-10-18-26(24)35/h1,7-10,12-18,20,34-35H. The van der Waals surface area contributed by atoms with E-state index in [1.807, 2.05) is 0 Å². The maximum absolute atomic E-state index is 12.5. The maximum Gasteiger partial charge on any atom is 0.352 e. The van der Waals surface area contributed by atoms with Gasteiger partial charge in [-0.1, -0.05) is 36.4 Å². The molecule has 0 atom stereocenters. The Kier molecular flexibility index (Phi) is 7.44. The van der Waals surface area contributed by atoms with Crippen LogP contribution in [0.3, 0.4) is 0 Å². The zero-order valence-electron chi connectivity index (χ0n) is 19.1. The van der Waals surface area contributed by atoms with Crippen molar-refractivity contribution in [2.45, 2.75) is 0 Å². The number of carbonyl (C=O) groups is 1. The Labute approximate surface area is 212 Å². The lowest BCUT2D eigenvalue weighted by atomic mass is 10.1. The number of terminal acetylenes is 1. The minimum atomic E-state index is -0.707. The first-order valence-electron chi connectivity index (χ1n) is 10.7. The van der Waals surface area contributed by atoms with Crippen LogP contribution in [0.4, 0.5) is 0 Å². The van der Waals surface area contributed by atoms with E-state index >= 15 is 0 Å². The van der Waals surface area contributed by atoms with Crippen LogP contribution in [0.15, 0.2) is 72.8 Å². The molecule has 3 aromatic carbocycles. The minimum absolute atomic E-state index is 0.0212. The third kappa shape index (κ3) is 5.92. The van der Waals surface area contributed by atoms with Gasteiger partial charge in [-0.05, 0) is 54.2 Å². The molecule has 0 amide bonds. The molecule has 0 saturated heterocycles. The third-order valence-electron chi connectivity index (χ3n) is 4.80. The summed E-state index contributed by atoms with van der Waals surface area (Å²) in [7, 11) is 0. The van der Waals surface area contributed by atoms with Crippen molar-refractivity contribution in [3.8, 4) is 93.7 Å². The molecule has 1 heterocycles. The molecule has 0 fully saturated rings. The van der Waals surface area contributed by atoms with E-state index < -0.39 is 5.97 Å². The van der Waals surface area contributed by atoms with Crippen molar-refractivity contribution in [1.82, 2.24) is 15.0 Å². The lowest BCUT2D eigenvalue weighted by Crippen LogP contribution is -2.03. The highest BCUT2D eigenvalue weighted by atomic mass is 16.5. The van der Waals surface area contributed by atoms with E-state index in [9.17, 15) is 15.0 Å². The van der Waals surface area contributed by atoms with E-state index in [1.165, 1.54) is 18.2 Å². The van der Waals surface area contributed by atoms with Gasteiger partial charge in [0.25, 0.3) is 0 Å². The van der Waals surface area contributed by atoms with Crippen LogP contribution in [0, 0.1) is 48.1 Å². The van der Waals surface area contributed by atoms with Crippen LogP contribution in [-0.4, -0.2) is 31.1 Å². The fourth-order valence-corrected chi connectivity index (χ4v) is 3.14. The normalized spacial score (nSPS) is 9.27. The van der Waals surface area contributed by atoms with Crippen LogP contribution in [0.25, 0.3) is 34.2 Å². The number of hydrogen-bond acceptors (Lipinski definition) is 7. The number of rotatable bonds is 4. The molecular formula is C30H15N3O4. The van der Waals surface area contributed by atoms with Gasteiger partial charge in [0, 0.05) is 23.3 Å². The van der Waals surface area contributed by atoms with Gasteiger partial charge in [-0.25, -0.2) is 19.7 Å². The molecule has 0 radical (unpaired) electrons. The van der Waals surface area contributed by atoms with E-state index in [2.05, 4.69) is 56.6 Å². The van der Waals surface area contributed by atoms with E-state index in [4.69, 9.17) is 11.2 Å². The lowest BCUT2D eigenvalue weighted by molar-refractivity contribution is 0.0690.